The van der Waals surface area contributed by atoms with Crippen LogP contribution >= 0.6 is 0 Å². The molecule has 27 heavy (non-hydrogen) atoms. The van der Waals surface area contributed by atoms with Crippen LogP contribution in [0.5, 0.6) is 0 Å². The molecule has 0 radical (unpaired) electrons. The van der Waals surface area contributed by atoms with E-state index in [4.69, 9.17) is 0 Å². The number of nitrogens with zero attached hydrogens (tertiary/aromatic N) is 5. The summed E-state index contributed by atoms with van der Waals surface area (Å²) in [4.78, 5) is 34.2. The van der Waals surface area contributed by atoms with Crippen LogP contribution in [-0.2, 0) is 12.8 Å². The van der Waals surface area contributed by atoms with Crippen LogP contribution in [0.3, 0.4) is 0 Å². The molecular formula is C20H20N6O. The van der Waals surface area contributed by atoms with Gasteiger partial charge < -0.3 is 14.8 Å². The van der Waals surface area contributed by atoms with E-state index < -0.39 is 0 Å². The minimum atomic E-state index is -0.304. The third kappa shape index (κ3) is 2.58. The zero-order valence-electron chi connectivity index (χ0n) is 15.1. The third-order valence-electron chi connectivity index (χ3n) is 5.41. The topological polar surface area (TPSA) is 78.0 Å². The fourth-order valence-corrected chi connectivity index (χ4v) is 4.00. The number of carbonyl (C=O) groups excluding carboxylic acids is 1. The number of carbonyl (C=O) groups is 1. The van der Waals surface area contributed by atoms with E-state index in [0.717, 1.165) is 42.3 Å². The molecule has 0 bridgehead atoms. The number of rotatable bonds is 2. The number of nitrogens with one attached hydrogen (secondary N) is 1. The van der Waals surface area contributed by atoms with Crippen LogP contribution in [0, 0.1) is 0 Å². The number of anilines is 1. The average molecular weight is 360 g/mol. The highest BCUT2D eigenvalue weighted by molar-refractivity contribution is 5.93. The van der Waals surface area contributed by atoms with E-state index in [1.165, 1.54) is 5.56 Å². The van der Waals surface area contributed by atoms with Crippen molar-refractivity contribution in [2.45, 2.75) is 18.9 Å². The molecule has 0 aromatic carbocycles. The van der Waals surface area contributed by atoms with Gasteiger partial charge in [-0.25, -0.2) is 9.97 Å². The van der Waals surface area contributed by atoms with E-state index >= 15 is 0 Å². The predicted molar refractivity (Wildman–Crippen MR) is 101 cm³/mol. The molecule has 0 saturated heterocycles. The quantitative estimate of drug-likeness (QED) is 0.756. The number of likely N-dealkylation sites (N-methyl/N-ethyl adjacent to an activating group) is 1. The molecule has 136 valence electrons. The molecule has 0 saturated carbocycles. The summed E-state index contributed by atoms with van der Waals surface area (Å²) in [5, 5.41) is 0. The van der Waals surface area contributed by atoms with Crippen molar-refractivity contribution in [3.8, 4) is 0 Å². The van der Waals surface area contributed by atoms with Gasteiger partial charge in [-0.15, -0.1) is 0 Å². The van der Waals surface area contributed by atoms with Crippen LogP contribution in [0.2, 0.25) is 0 Å². The first-order valence-electron chi connectivity index (χ1n) is 9.17. The average Bonchev–Trinajstić information content (AvgIpc) is 3.34. The fourth-order valence-electron chi connectivity index (χ4n) is 4.00. The Morgan fingerprint density at radius 2 is 2.07 bits per heavy atom. The van der Waals surface area contributed by atoms with E-state index in [9.17, 15) is 4.79 Å². The first-order valence-corrected chi connectivity index (χ1v) is 9.17. The van der Waals surface area contributed by atoms with Crippen molar-refractivity contribution >= 4 is 11.7 Å². The highest BCUT2D eigenvalue weighted by Crippen LogP contribution is 2.33. The Kier molecular flexibility index (Phi) is 3.67. The maximum Gasteiger partial charge on any atom is 0.273 e. The van der Waals surface area contributed by atoms with Gasteiger partial charge in [0, 0.05) is 38.4 Å². The van der Waals surface area contributed by atoms with Crippen molar-refractivity contribution in [1.82, 2.24) is 24.8 Å². The second-order valence-corrected chi connectivity index (χ2v) is 7.02. The van der Waals surface area contributed by atoms with Crippen LogP contribution in [-0.4, -0.2) is 50.9 Å². The summed E-state index contributed by atoms with van der Waals surface area (Å²) >= 11 is 0. The fraction of sp³-hybridized carbons (Fsp3) is 0.300. The van der Waals surface area contributed by atoms with E-state index in [0.29, 0.717) is 12.2 Å². The van der Waals surface area contributed by atoms with Crippen molar-refractivity contribution in [2.24, 2.45) is 0 Å². The molecule has 1 atom stereocenters. The molecule has 7 nitrogen and oxygen atoms in total. The molecule has 5 heterocycles. The van der Waals surface area contributed by atoms with E-state index in [-0.39, 0.29) is 11.9 Å². The van der Waals surface area contributed by atoms with Crippen molar-refractivity contribution in [2.75, 3.05) is 25.0 Å². The number of aromatic amines is 1. The van der Waals surface area contributed by atoms with Gasteiger partial charge >= 0.3 is 0 Å². The number of amides is 1. The molecule has 3 aromatic heterocycles. The monoisotopic (exact) mass is 360 g/mol. The Bertz CT molecular complexity index is 999. The first-order chi connectivity index (χ1) is 13.2. The van der Waals surface area contributed by atoms with Gasteiger partial charge in [0.15, 0.2) is 0 Å². The minimum Gasteiger partial charge on any atom is -0.359 e. The lowest BCUT2D eigenvalue weighted by molar-refractivity contribution is 0.0681. The number of aromatic nitrogens is 4. The minimum absolute atomic E-state index is 0.0811. The van der Waals surface area contributed by atoms with Gasteiger partial charge in [0.05, 0.1) is 17.7 Å². The van der Waals surface area contributed by atoms with Crippen LogP contribution in [0.25, 0.3) is 0 Å². The Hall–Kier alpha value is -3.22. The zero-order chi connectivity index (χ0) is 18.4. The third-order valence-corrected chi connectivity index (χ3v) is 5.41. The first kappa shape index (κ1) is 16.0. The van der Waals surface area contributed by atoms with Gasteiger partial charge in [0.1, 0.15) is 17.6 Å². The summed E-state index contributed by atoms with van der Waals surface area (Å²) < 4.78 is 0. The van der Waals surface area contributed by atoms with Crippen LogP contribution in [0.15, 0.2) is 42.9 Å². The lowest BCUT2D eigenvalue weighted by Crippen LogP contribution is -2.41. The highest BCUT2D eigenvalue weighted by Gasteiger charge is 2.36. The lowest BCUT2D eigenvalue weighted by Gasteiger charge is -2.34. The smallest absolute Gasteiger partial charge is 0.273 e. The number of hydrogen-bond acceptors (Lipinski definition) is 5. The van der Waals surface area contributed by atoms with E-state index in [1.54, 1.807) is 12.5 Å². The Balaban J connectivity index is 1.55. The molecule has 1 amide bonds. The van der Waals surface area contributed by atoms with Gasteiger partial charge in [0.2, 0.25) is 0 Å². The Labute approximate surface area is 157 Å². The molecule has 0 fully saturated rings. The summed E-state index contributed by atoms with van der Waals surface area (Å²) in [5.74, 6) is 0.829. The van der Waals surface area contributed by atoms with Gasteiger partial charge in [0.25, 0.3) is 5.91 Å². The van der Waals surface area contributed by atoms with Crippen LogP contribution in [0.4, 0.5) is 5.82 Å². The molecule has 2 aliphatic heterocycles. The molecular weight excluding hydrogens is 340 g/mol. The molecule has 3 aromatic rings. The normalized spacial score (nSPS) is 18.3. The largest absolute Gasteiger partial charge is 0.359 e. The summed E-state index contributed by atoms with van der Waals surface area (Å²) in [6.45, 7) is 1.54. The predicted octanol–water partition coefficient (Wildman–Crippen LogP) is 1.98. The number of hydrogen-bond donors (Lipinski definition) is 1. The zero-order valence-corrected chi connectivity index (χ0v) is 15.1. The Morgan fingerprint density at radius 1 is 1.15 bits per heavy atom. The number of pyridine rings is 2. The number of H-pyrrole nitrogens is 1. The number of fused-ring (bicyclic) bond motifs is 2. The molecule has 1 unspecified atom stereocenters. The molecule has 0 aliphatic carbocycles. The van der Waals surface area contributed by atoms with Gasteiger partial charge in [-0.05, 0) is 30.2 Å². The highest BCUT2D eigenvalue weighted by atomic mass is 16.2. The maximum absolute atomic E-state index is 13.4. The van der Waals surface area contributed by atoms with E-state index in [1.807, 2.05) is 42.3 Å². The van der Waals surface area contributed by atoms with Crippen molar-refractivity contribution < 1.29 is 4.79 Å². The molecule has 1 N–H and O–H groups in total. The standard InChI is InChI=1S/C20H20N6O/c1-25-10-7-13-5-6-16(24-19(13)25)20(27)26-11-8-14-17(23-12-22-14)18(26)15-4-2-3-9-21-15/h2-6,9,12,18H,7-8,10-11H2,1H3,(H,22,23). The van der Waals surface area contributed by atoms with Gasteiger partial charge in [-0.3, -0.25) is 9.78 Å². The molecule has 0 spiro atoms. The molecule has 7 heteroatoms. The Morgan fingerprint density at radius 3 is 2.93 bits per heavy atom. The molecule has 2 aliphatic rings. The number of imidazole rings is 1. The maximum atomic E-state index is 13.4. The van der Waals surface area contributed by atoms with Crippen LogP contribution < -0.4 is 4.90 Å². The second kappa shape index (κ2) is 6.19. The second-order valence-electron chi connectivity index (χ2n) is 7.02. The van der Waals surface area contributed by atoms with Crippen molar-refractivity contribution in [3.63, 3.8) is 0 Å². The van der Waals surface area contributed by atoms with Crippen LogP contribution in [0.1, 0.15) is 39.2 Å². The lowest BCUT2D eigenvalue weighted by atomic mass is 9.98. The summed E-state index contributed by atoms with van der Waals surface area (Å²) in [6.07, 6.45) is 5.16. The van der Waals surface area contributed by atoms with Gasteiger partial charge in [-0.2, -0.15) is 0 Å². The van der Waals surface area contributed by atoms with Gasteiger partial charge in [-0.1, -0.05) is 12.1 Å². The summed E-state index contributed by atoms with van der Waals surface area (Å²) in [5.41, 5.74) is 4.42. The molecule has 5 rings (SSSR count). The van der Waals surface area contributed by atoms with Crippen molar-refractivity contribution in [1.29, 1.82) is 0 Å². The summed E-state index contributed by atoms with van der Waals surface area (Å²) in [7, 11) is 2.01. The van der Waals surface area contributed by atoms with E-state index in [2.05, 4.69) is 24.8 Å². The summed E-state index contributed by atoms with van der Waals surface area (Å²) in [6, 6.07) is 9.32. The van der Waals surface area contributed by atoms with Crippen molar-refractivity contribution in [3.05, 3.63) is 71.2 Å². The SMILES string of the molecule is CN1CCc2ccc(C(=O)N3CCc4[nH]cnc4C3c3ccccn3)nc21.